The van der Waals surface area contributed by atoms with Crippen LogP contribution in [0.5, 0.6) is 0 Å². The molecule has 1 aromatic rings. The van der Waals surface area contributed by atoms with Crippen molar-refractivity contribution in [1.82, 2.24) is 10.0 Å². The predicted octanol–water partition coefficient (Wildman–Crippen LogP) is 3.23. The largest absolute Gasteiger partial charge is 0.309 e. The summed E-state index contributed by atoms with van der Waals surface area (Å²) in [6.07, 6.45) is 7.23. The van der Waals surface area contributed by atoms with Crippen LogP contribution in [0.1, 0.15) is 43.4 Å². The maximum absolute atomic E-state index is 12.3. The summed E-state index contributed by atoms with van der Waals surface area (Å²) >= 11 is 4.89. The van der Waals surface area contributed by atoms with E-state index in [-0.39, 0.29) is 0 Å². The molecule has 0 amide bonds. The van der Waals surface area contributed by atoms with E-state index in [0.29, 0.717) is 21.3 Å². The van der Waals surface area contributed by atoms with Crippen molar-refractivity contribution < 1.29 is 8.42 Å². The van der Waals surface area contributed by atoms with Crippen molar-refractivity contribution in [2.24, 2.45) is 5.92 Å². The maximum atomic E-state index is 12.3. The van der Waals surface area contributed by atoms with Crippen LogP contribution < -0.4 is 10.0 Å². The van der Waals surface area contributed by atoms with Crippen LogP contribution in [0.25, 0.3) is 0 Å². The highest BCUT2D eigenvalue weighted by Crippen LogP contribution is 2.33. The van der Waals surface area contributed by atoms with Crippen molar-refractivity contribution >= 4 is 37.3 Å². The van der Waals surface area contributed by atoms with Crippen LogP contribution >= 0.6 is 27.3 Å². The van der Waals surface area contributed by atoms with Gasteiger partial charge in [0.05, 0.1) is 3.79 Å². The summed E-state index contributed by atoms with van der Waals surface area (Å²) in [4.78, 5) is 1.45. The lowest BCUT2D eigenvalue weighted by Gasteiger charge is -2.25. The van der Waals surface area contributed by atoms with E-state index in [2.05, 4.69) is 26.0 Å². The summed E-state index contributed by atoms with van der Waals surface area (Å²) < 4.78 is 28.1. The Labute approximate surface area is 138 Å². The van der Waals surface area contributed by atoms with Gasteiger partial charge in [-0.05, 0) is 47.2 Å². The predicted molar refractivity (Wildman–Crippen MR) is 89.0 cm³/mol. The molecule has 1 heterocycles. The molecule has 2 aliphatic rings. The summed E-state index contributed by atoms with van der Waals surface area (Å²) in [5, 5.41) is 3.41. The second kappa shape index (κ2) is 6.66. The molecule has 0 spiro atoms. The van der Waals surface area contributed by atoms with E-state index in [1.807, 2.05) is 0 Å². The van der Waals surface area contributed by atoms with Crippen molar-refractivity contribution in [2.75, 3.05) is 6.54 Å². The van der Waals surface area contributed by atoms with E-state index in [4.69, 9.17) is 0 Å². The molecular formula is C14H21BrN2O2S2. The molecule has 0 unspecified atom stereocenters. The summed E-state index contributed by atoms with van der Waals surface area (Å²) in [5.74, 6) is 0.719. The standard InChI is InChI=1S/C14H21BrN2O2S2/c15-14-13(8-12(20-14)9-16-11-4-5-11)21(18,19)17-7-6-10-2-1-3-10/h8,10-11,16-17H,1-7,9H2. The third kappa shape index (κ3) is 4.28. The first-order chi connectivity index (χ1) is 10.0. The zero-order valence-electron chi connectivity index (χ0n) is 11.9. The number of hydrogen-bond donors (Lipinski definition) is 2. The van der Waals surface area contributed by atoms with Crippen LogP contribution in [0.4, 0.5) is 0 Å². The molecule has 0 radical (unpaired) electrons. The molecule has 2 N–H and O–H groups in total. The SMILES string of the molecule is O=S(=O)(NCCC1CCC1)c1cc(CNC2CC2)sc1Br. The van der Waals surface area contributed by atoms with Crippen molar-refractivity contribution in [3.8, 4) is 0 Å². The van der Waals surface area contributed by atoms with Gasteiger partial charge in [0.2, 0.25) is 10.0 Å². The van der Waals surface area contributed by atoms with Gasteiger partial charge in [-0.2, -0.15) is 0 Å². The lowest BCUT2D eigenvalue weighted by Crippen LogP contribution is -2.27. The molecule has 0 aromatic carbocycles. The van der Waals surface area contributed by atoms with Crippen molar-refractivity contribution in [1.29, 1.82) is 0 Å². The monoisotopic (exact) mass is 392 g/mol. The average Bonchev–Trinajstić information content (AvgIpc) is 3.12. The minimum Gasteiger partial charge on any atom is -0.309 e. The molecule has 0 aliphatic heterocycles. The van der Waals surface area contributed by atoms with Crippen LogP contribution in [0.3, 0.4) is 0 Å². The lowest BCUT2D eigenvalue weighted by molar-refractivity contribution is 0.297. The Morgan fingerprint density at radius 2 is 2.05 bits per heavy atom. The average molecular weight is 393 g/mol. The number of sulfonamides is 1. The second-order valence-corrected chi connectivity index (χ2v) is 10.2. The summed E-state index contributed by atoms with van der Waals surface area (Å²) in [6, 6.07) is 2.42. The van der Waals surface area contributed by atoms with Crippen LogP contribution in [-0.2, 0) is 16.6 Å². The van der Waals surface area contributed by atoms with Crippen molar-refractivity contribution in [3.05, 3.63) is 14.7 Å². The third-order valence-corrected chi connectivity index (χ3v) is 7.92. The Hall–Kier alpha value is 0.0500. The van der Waals surface area contributed by atoms with Gasteiger partial charge in [0.1, 0.15) is 4.90 Å². The zero-order valence-corrected chi connectivity index (χ0v) is 15.1. The first-order valence-corrected chi connectivity index (χ1v) is 10.6. The quantitative estimate of drug-likeness (QED) is 0.713. The molecule has 4 nitrogen and oxygen atoms in total. The Morgan fingerprint density at radius 1 is 1.29 bits per heavy atom. The lowest BCUT2D eigenvalue weighted by atomic mass is 9.83. The third-order valence-electron chi connectivity index (χ3n) is 4.21. The second-order valence-electron chi connectivity index (χ2n) is 5.99. The van der Waals surface area contributed by atoms with Gasteiger partial charge in [-0.3, -0.25) is 0 Å². The smallest absolute Gasteiger partial charge is 0.242 e. The molecule has 1 aromatic heterocycles. The van der Waals surface area contributed by atoms with E-state index in [9.17, 15) is 8.42 Å². The summed E-state index contributed by atoms with van der Waals surface area (Å²) in [5.41, 5.74) is 0. The van der Waals surface area contributed by atoms with Gasteiger partial charge in [0, 0.05) is 24.0 Å². The van der Waals surface area contributed by atoms with Gasteiger partial charge in [0.15, 0.2) is 0 Å². The minimum atomic E-state index is -3.39. The molecule has 0 saturated heterocycles. The Balaban J connectivity index is 1.57. The Morgan fingerprint density at radius 3 is 2.67 bits per heavy atom. The fourth-order valence-electron chi connectivity index (χ4n) is 2.46. The fourth-order valence-corrected chi connectivity index (χ4v) is 6.14. The molecular weight excluding hydrogens is 372 g/mol. The normalized spacial score (nSPS) is 19.7. The highest BCUT2D eigenvalue weighted by Gasteiger charge is 2.24. The van der Waals surface area contributed by atoms with Gasteiger partial charge < -0.3 is 5.32 Å². The number of nitrogens with one attached hydrogen (secondary N) is 2. The molecule has 21 heavy (non-hydrogen) atoms. The minimum absolute atomic E-state index is 0.383. The highest BCUT2D eigenvalue weighted by molar-refractivity contribution is 9.11. The van der Waals surface area contributed by atoms with Crippen LogP contribution in [0, 0.1) is 5.92 Å². The molecule has 2 saturated carbocycles. The molecule has 2 fully saturated rings. The summed E-state index contributed by atoms with van der Waals surface area (Å²) in [6.45, 7) is 1.30. The van der Waals surface area contributed by atoms with Crippen LogP contribution in [0.15, 0.2) is 14.7 Å². The Bertz CT molecular complexity index is 592. The molecule has 7 heteroatoms. The van der Waals surface area contributed by atoms with Crippen molar-refractivity contribution in [3.63, 3.8) is 0 Å². The number of halogens is 1. The topological polar surface area (TPSA) is 58.2 Å². The van der Waals surface area contributed by atoms with E-state index in [1.165, 1.54) is 43.4 Å². The first kappa shape index (κ1) is 15.9. The Kier molecular flexibility index (Phi) is 5.05. The van der Waals surface area contributed by atoms with E-state index in [0.717, 1.165) is 23.8 Å². The van der Waals surface area contributed by atoms with Gasteiger partial charge in [0.25, 0.3) is 0 Å². The van der Waals surface area contributed by atoms with Gasteiger partial charge in [-0.15, -0.1) is 11.3 Å². The van der Waals surface area contributed by atoms with E-state index >= 15 is 0 Å². The van der Waals surface area contributed by atoms with E-state index < -0.39 is 10.0 Å². The molecule has 2 aliphatic carbocycles. The number of rotatable bonds is 8. The molecule has 118 valence electrons. The van der Waals surface area contributed by atoms with Crippen molar-refractivity contribution in [2.45, 2.75) is 56.0 Å². The number of thiophene rings is 1. The highest BCUT2D eigenvalue weighted by atomic mass is 79.9. The number of hydrogen-bond acceptors (Lipinski definition) is 4. The van der Waals surface area contributed by atoms with E-state index in [1.54, 1.807) is 6.07 Å². The van der Waals surface area contributed by atoms with Crippen LogP contribution in [-0.4, -0.2) is 21.0 Å². The molecule has 0 atom stereocenters. The summed E-state index contributed by atoms with van der Waals surface area (Å²) in [7, 11) is -3.39. The first-order valence-electron chi connectivity index (χ1n) is 7.56. The fraction of sp³-hybridized carbons (Fsp3) is 0.714. The molecule has 0 bridgehead atoms. The molecule has 3 rings (SSSR count). The van der Waals surface area contributed by atoms with Gasteiger partial charge in [-0.25, -0.2) is 13.1 Å². The van der Waals surface area contributed by atoms with Gasteiger partial charge in [-0.1, -0.05) is 19.3 Å². The maximum Gasteiger partial charge on any atom is 0.242 e. The van der Waals surface area contributed by atoms with Gasteiger partial charge >= 0.3 is 0 Å². The van der Waals surface area contributed by atoms with Crippen LogP contribution in [0.2, 0.25) is 0 Å². The zero-order chi connectivity index (χ0) is 14.9.